The summed E-state index contributed by atoms with van der Waals surface area (Å²) in [6.45, 7) is 3.83. The van der Waals surface area contributed by atoms with Crippen LogP contribution >= 0.6 is 0 Å². The predicted molar refractivity (Wildman–Crippen MR) is 93.8 cm³/mol. The SMILES string of the molecule is O=C(c1cc2nccnc2cc1F)N1CCCC1CN1CCCCC1. The number of carbonyl (C=O) groups excluding carboxylic acids is 1. The molecule has 0 N–H and O–H groups in total. The van der Waals surface area contributed by atoms with Crippen LogP contribution in [0.1, 0.15) is 42.5 Å². The van der Waals surface area contributed by atoms with Crippen LogP contribution in [0, 0.1) is 5.82 Å². The molecule has 5 nitrogen and oxygen atoms in total. The fourth-order valence-electron chi connectivity index (χ4n) is 4.04. The van der Waals surface area contributed by atoms with E-state index in [1.54, 1.807) is 6.20 Å². The zero-order chi connectivity index (χ0) is 17.2. The number of piperidine rings is 1. The highest BCUT2D eigenvalue weighted by molar-refractivity contribution is 5.97. The van der Waals surface area contributed by atoms with Gasteiger partial charge in [0.2, 0.25) is 0 Å². The van der Waals surface area contributed by atoms with E-state index in [1.807, 2.05) is 4.90 Å². The second-order valence-electron chi connectivity index (χ2n) is 7.03. The minimum Gasteiger partial charge on any atom is -0.334 e. The molecule has 0 aliphatic carbocycles. The molecule has 2 aromatic rings. The zero-order valence-electron chi connectivity index (χ0n) is 14.3. The number of hydrogen-bond donors (Lipinski definition) is 0. The zero-order valence-corrected chi connectivity index (χ0v) is 14.3. The van der Waals surface area contributed by atoms with Crippen LogP contribution in [0.25, 0.3) is 11.0 Å². The van der Waals surface area contributed by atoms with E-state index in [0.717, 1.165) is 32.5 Å². The molecule has 3 heterocycles. The van der Waals surface area contributed by atoms with Gasteiger partial charge in [0.25, 0.3) is 5.91 Å². The standard InChI is InChI=1S/C19H23FN4O/c20-16-12-18-17(21-6-7-22-18)11-15(16)19(25)24-10-4-5-14(24)13-23-8-2-1-3-9-23/h6-7,11-12,14H,1-5,8-10,13H2. The molecule has 4 rings (SSSR count). The number of hydrogen-bond acceptors (Lipinski definition) is 4. The van der Waals surface area contributed by atoms with E-state index in [9.17, 15) is 9.18 Å². The Hall–Kier alpha value is -2.08. The maximum absolute atomic E-state index is 14.5. The Morgan fingerprint density at radius 3 is 2.52 bits per heavy atom. The van der Waals surface area contributed by atoms with Gasteiger partial charge in [0.15, 0.2) is 0 Å². The Bertz CT molecular complexity index is 775. The van der Waals surface area contributed by atoms with Crippen LogP contribution in [0.2, 0.25) is 0 Å². The van der Waals surface area contributed by atoms with E-state index in [2.05, 4.69) is 14.9 Å². The van der Waals surface area contributed by atoms with Gasteiger partial charge in [-0.1, -0.05) is 6.42 Å². The summed E-state index contributed by atoms with van der Waals surface area (Å²) >= 11 is 0. The normalized spacial score (nSPS) is 21.8. The first-order valence-corrected chi connectivity index (χ1v) is 9.16. The summed E-state index contributed by atoms with van der Waals surface area (Å²) in [6, 6.07) is 3.03. The van der Waals surface area contributed by atoms with Crippen molar-refractivity contribution in [3.63, 3.8) is 0 Å². The summed E-state index contributed by atoms with van der Waals surface area (Å²) in [5.74, 6) is -0.730. The minimum atomic E-state index is -0.512. The van der Waals surface area contributed by atoms with Gasteiger partial charge in [0.05, 0.1) is 16.6 Å². The molecule has 2 saturated heterocycles. The molecule has 1 aromatic heterocycles. The number of likely N-dealkylation sites (tertiary alicyclic amines) is 2. The molecule has 6 heteroatoms. The number of nitrogens with zero attached hydrogens (tertiary/aromatic N) is 4. The lowest BCUT2D eigenvalue weighted by atomic mass is 10.1. The van der Waals surface area contributed by atoms with E-state index in [1.165, 1.54) is 37.6 Å². The van der Waals surface area contributed by atoms with E-state index in [-0.39, 0.29) is 17.5 Å². The number of rotatable bonds is 3. The Kier molecular flexibility index (Phi) is 4.61. The second-order valence-corrected chi connectivity index (χ2v) is 7.03. The van der Waals surface area contributed by atoms with Crippen molar-refractivity contribution in [1.82, 2.24) is 19.8 Å². The highest BCUT2D eigenvalue weighted by Crippen LogP contribution is 2.24. The lowest BCUT2D eigenvalue weighted by Crippen LogP contribution is -2.44. The largest absolute Gasteiger partial charge is 0.334 e. The quantitative estimate of drug-likeness (QED) is 0.861. The van der Waals surface area contributed by atoms with Crippen LogP contribution in [-0.2, 0) is 0 Å². The highest BCUT2D eigenvalue weighted by Gasteiger charge is 2.32. The average Bonchev–Trinajstić information content (AvgIpc) is 3.09. The van der Waals surface area contributed by atoms with E-state index < -0.39 is 5.82 Å². The predicted octanol–water partition coefficient (Wildman–Crippen LogP) is 2.86. The van der Waals surface area contributed by atoms with Crippen LogP contribution < -0.4 is 0 Å². The summed E-state index contributed by atoms with van der Waals surface area (Å²) in [6.07, 6.45) is 8.84. The molecule has 25 heavy (non-hydrogen) atoms. The third-order valence-electron chi connectivity index (χ3n) is 5.34. The van der Waals surface area contributed by atoms with Crippen LogP contribution in [-0.4, -0.2) is 57.9 Å². The van der Waals surface area contributed by atoms with E-state index in [0.29, 0.717) is 17.6 Å². The van der Waals surface area contributed by atoms with Crippen molar-refractivity contribution < 1.29 is 9.18 Å². The van der Waals surface area contributed by atoms with Gasteiger partial charge in [-0.3, -0.25) is 14.8 Å². The summed E-state index contributed by atoms with van der Waals surface area (Å²) in [7, 11) is 0. The molecule has 2 aliphatic heterocycles. The number of benzene rings is 1. The van der Waals surface area contributed by atoms with Gasteiger partial charge in [0.1, 0.15) is 5.82 Å². The molecular weight excluding hydrogens is 319 g/mol. The monoisotopic (exact) mass is 342 g/mol. The number of aromatic nitrogens is 2. The Labute approximate surface area is 146 Å². The molecule has 0 bridgehead atoms. The van der Waals surface area contributed by atoms with Crippen LogP contribution in [0.5, 0.6) is 0 Å². The van der Waals surface area contributed by atoms with Crippen molar-refractivity contribution in [1.29, 1.82) is 0 Å². The number of halogens is 1. The summed E-state index contributed by atoms with van der Waals surface area (Å²) in [4.78, 5) is 25.6. The second kappa shape index (κ2) is 7.04. The molecule has 132 valence electrons. The molecule has 0 radical (unpaired) electrons. The first kappa shape index (κ1) is 16.4. The molecule has 1 amide bonds. The number of amides is 1. The van der Waals surface area contributed by atoms with E-state index >= 15 is 0 Å². The van der Waals surface area contributed by atoms with Gasteiger partial charge in [0, 0.05) is 37.6 Å². The Morgan fingerprint density at radius 1 is 1.04 bits per heavy atom. The molecule has 2 fully saturated rings. The van der Waals surface area contributed by atoms with Gasteiger partial charge in [-0.05, 0) is 44.8 Å². The molecule has 1 aromatic carbocycles. The van der Waals surface area contributed by atoms with Gasteiger partial charge >= 0.3 is 0 Å². The van der Waals surface area contributed by atoms with Crippen molar-refractivity contribution in [2.75, 3.05) is 26.2 Å². The van der Waals surface area contributed by atoms with Crippen molar-refractivity contribution in [2.45, 2.75) is 38.1 Å². The highest BCUT2D eigenvalue weighted by atomic mass is 19.1. The topological polar surface area (TPSA) is 49.3 Å². The third kappa shape index (κ3) is 3.35. The van der Waals surface area contributed by atoms with Crippen LogP contribution in [0.15, 0.2) is 24.5 Å². The number of fused-ring (bicyclic) bond motifs is 1. The maximum Gasteiger partial charge on any atom is 0.257 e. The first-order chi connectivity index (χ1) is 12.2. The summed E-state index contributed by atoms with van der Waals surface area (Å²) in [5.41, 5.74) is 1.14. The fourth-order valence-corrected chi connectivity index (χ4v) is 4.04. The lowest BCUT2D eigenvalue weighted by Gasteiger charge is -2.33. The minimum absolute atomic E-state index is 0.110. The molecule has 1 unspecified atom stereocenters. The molecule has 0 spiro atoms. The van der Waals surface area contributed by atoms with Gasteiger partial charge in [-0.25, -0.2) is 4.39 Å². The third-order valence-corrected chi connectivity index (χ3v) is 5.34. The van der Waals surface area contributed by atoms with Crippen molar-refractivity contribution in [2.24, 2.45) is 0 Å². The Balaban J connectivity index is 1.55. The van der Waals surface area contributed by atoms with Crippen molar-refractivity contribution in [3.8, 4) is 0 Å². The smallest absolute Gasteiger partial charge is 0.257 e. The average molecular weight is 342 g/mol. The Morgan fingerprint density at radius 2 is 1.76 bits per heavy atom. The van der Waals surface area contributed by atoms with Crippen molar-refractivity contribution >= 4 is 16.9 Å². The molecule has 0 saturated carbocycles. The van der Waals surface area contributed by atoms with E-state index in [4.69, 9.17) is 0 Å². The summed E-state index contributed by atoms with van der Waals surface area (Å²) < 4.78 is 14.5. The van der Waals surface area contributed by atoms with Gasteiger partial charge in [-0.15, -0.1) is 0 Å². The lowest BCUT2D eigenvalue weighted by molar-refractivity contribution is 0.0686. The van der Waals surface area contributed by atoms with Crippen molar-refractivity contribution in [3.05, 3.63) is 35.9 Å². The molecular formula is C19H23FN4O. The summed E-state index contributed by atoms with van der Waals surface area (Å²) in [5, 5.41) is 0. The van der Waals surface area contributed by atoms with Crippen LogP contribution in [0.3, 0.4) is 0 Å². The maximum atomic E-state index is 14.5. The first-order valence-electron chi connectivity index (χ1n) is 9.16. The molecule has 2 aliphatic rings. The molecule has 1 atom stereocenters. The fraction of sp³-hybridized carbons (Fsp3) is 0.526. The van der Waals surface area contributed by atoms with Gasteiger partial charge < -0.3 is 9.80 Å². The van der Waals surface area contributed by atoms with Crippen LogP contribution in [0.4, 0.5) is 4.39 Å². The van der Waals surface area contributed by atoms with Gasteiger partial charge in [-0.2, -0.15) is 0 Å². The number of carbonyl (C=O) groups is 1.